The highest BCUT2D eigenvalue weighted by Gasteiger charge is 2.27. The lowest BCUT2D eigenvalue weighted by Gasteiger charge is -2.23. The minimum absolute atomic E-state index is 0.102. The Hall–Kier alpha value is -3.45. The van der Waals surface area contributed by atoms with Crippen LogP contribution in [0.3, 0.4) is 0 Å². The van der Waals surface area contributed by atoms with Gasteiger partial charge in [-0.1, -0.05) is 97.1 Å². The van der Waals surface area contributed by atoms with Crippen LogP contribution in [0.15, 0.2) is 90.5 Å². The largest absolute Gasteiger partial charge is 0.289 e. The molecular weight excluding hydrogens is 316 g/mol. The summed E-state index contributed by atoms with van der Waals surface area (Å²) < 4.78 is 0. The molecule has 3 aromatic carbocycles. The minimum Gasteiger partial charge on any atom is -0.289 e. The van der Waals surface area contributed by atoms with Gasteiger partial charge < -0.3 is 0 Å². The van der Waals surface area contributed by atoms with Gasteiger partial charge in [-0.05, 0) is 33.4 Å². The standard InChI is InChI=1S/C25H16O/c26-25-22-11-5-3-9-20(22)24(21-10-4-6-12-23(21)25)19-15-13-17-7-1-2-8-18(17)14-16-19/h1-16H. The average molecular weight is 332 g/mol. The summed E-state index contributed by atoms with van der Waals surface area (Å²) in [7, 11) is 0. The first-order valence-electron chi connectivity index (χ1n) is 8.76. The number of fused-ring (bicyclic) bond motifs is 3. The van der Waals surface area contributed by atoms with E-state index in [2.05, 4.69) is 48.6 Å². The summed E-state index contributed by atoms with van der Waals surface area (Å²) in [6.45, 7) is 0. The topological polar surface area (TPSA) is 17.1 Å². The molecule has 0 saturated heterocycles. The number of benzene rings is 3. The van der Waals surface area contributed by atoms with Gasteiger partial charge >= 0.3 is 0 Å². The second-order valence-electron chi connectivity index (χ2n) is 6.55. The van der Waals surface area contributed by atoms with Crippen LogP contribution >= 0.6 is 0 Å². The highest BCUT2D eigenvalue weighted by Crippen LogP contribution is 2.39. The van der Waals surface area contributed by atoms with Crippen molar-refractivity contribution in [2.24, 2.45) is 0 Å². The molecule has 0 atom stereocenters. The average Bonchev–Trinajstić information content (AvgIpc) is 2.91. The van der Waals surface area contributed by atoms with Crippen LogP contribution in [-0.2, 0) is 0 Å². The van der Waals surface area contributed by atoms with Crippen LogP contribution in [0.1, 0.15) is 38.2 Å². The summed E-state index contributed by atoms with van der Waals surface area (Å²) in [5, 5.41) is 0. The first kappa shape index (κ1) is 14.9. The Labute approximate surface area is 152 Å². The number of hydrogen-bond acceptors (Lipinski definition) is 1. The second kappa shape index (κ2) is 5.82. The fourth-order valence-corrected chi connectivity index (χ4v) is 3.80. The van der Waals surface area contributed by atoms with Gasteiger partial charge in [0.2, 0.25) is 0 Å². The molecule has 26 heavy (non-hydrogen) atoms. The van der Waals surface area contributed by atoms with Gasteiger partial charge in [-0.2, -0.15) is 0 Å². The number of ketones is 1. The maximum atomic E-state index is 12.9. The van der Waals surface area contributed by atoms with E-state index in [1.165, 1.54) is 11.1 Å². The Morgan fingerprint density at radius 1 is 0.462 bits per heavy atom. The Morgan fingerprint density at radius 3 is 1.38 bits per heavy atom. The lowest BCUT2D eigenvalue weighted by atomic mass is 9.79. The molecule has 0 radical (unpaired) electrons. The molecule has 5 rings (SSSR count). The van der Waals surface area contributed by atoms with Gasteiger partial charge in [-0.15, -0.1) is 0 Å². The molecule has 0 spiro atoms. The van der Waals surface area contributed by atoms with Gasteiger partial charge in [-0.25, -0.2) is 0 Å². The van der Waals surface area contributed by atoms with Gasteiger partial charge in [-0.3, -0.25) is 4.79 Å². The number of carbonyl (C=O) groups is 1. The van der Waals surface area contributed by atoms with Crippen LogP contribution in [-0.4, -0.2) is 5.78 Å². The van der Waals surface area contributed by atoms with Crippen molar-refractivity contribution < 1.29 is 4.79 Å². The third kappa shape index (κ3) is 2.21. The first-order chi connectivity index (χ1) is 12.8. The summed E-state index contributed by atoms with van der Waals surface area (Å²) in [6, 6.07) is 24.2. The quantitative estimate of drug-likeness (QED) is 0.399. The lowest BCUT2D eigenvalue weighted by Crippen LogP contribution is -2.14. The second-order valence-corrected chi connectivity index (χ2v) is 6.55. The van der Waals surface area contributed by atoms with Crippen molar-refractivity contribution in [3.63, 3.8) is 0 Å². The maximum absolute atomic E-state index is 12.9. The van der Waals surface area contributed by atoms with E-state index in [0.717, 1.165) is 33.4 Å². The molecule has 0 amide bonds. The monoisotopic (exact) mass is 332 g/mol. The van der Waals surface area contributed by atoms with Crippen molar-refractivity contribution in [2.75, 3.05) is 0 Å². The molecular formula is C25H16O. The molecule has 3 aromatic rings. The summed E-state index contributed by atoms with van der Waals surface area (Å²) in [6.07, 6.45) is 8.61. The predicted octanol–water partition coefficient (Wildman–Crippen LogP) is 5.77. The highest BCUT2D eigenvalue weighted by molar-refractivity contribution is 6.19. The Morgan fingerprint density at radius 2 is 0.885 bits per heavy atom. The molecule has 0 fully saturated rings. The lowest BCUT2D eigenvalue weighted by molar-refractivity contribution is 0.103. The van der Waals surface area contributed by atoms with Crippen molar-refractivity contribution in [1.82, 2.24) is 0 Å². The van der Waals surface area contributed by atoms with Crippen LogP contribution in [0.4, 0.5) is 0 Å². The van der Waals surface area contributed by atoms with Crippen LogP contribution in [0, 0.1) is 0 Å². The SMILES string of the molecule is O=C1c2ccccc2C(=C2C=Cc3ccccc3C=C2)c2ccccc21. The van der Waals surface area contributed by atoms with E-state index in [1.54, 1.807) is 0 Å². The smallest absolute Gasteiger partial charge is 0.194 e. The number of carbonyl (C=O) groups excluding carboxylic acids is 1. The van der Waals surface area contributed by atoms with Gasteiger partial charge in [0.15, 0.2) is 5.78 Å². The summed E-state index contributed by atoms with van der Waals surface area (Å²) in [5.41, 5.74) is 8.21. The molecule has 2 aliphatic rings. The molecule has 0 bridgehead atoms. The Bertz CT molecular complexity index is 1060. The molecule has 0 unspecified atom stereocenters. The fourth-order valence-electron chi connectivity index (χ4n) is 3.80. The van der Waals surface area contributed by atoms with Gasteiger partial charge in [0.1, 0.15) is 0 Å². The normalized spacial score (nSPS) is 14.5. The van der Waals surface area contributed by atoms with Crippen LogP contribution in [0.2, 0.25) is 0 Å². The molecule has 1 heteroatoms. The predicted molar refractivity (Wildman–Crippen MR) is 107 cm³/mol. The molecule has 1 nitrogen and oxygen atoms in total. The first-order valence-corrected chi connectivity index (χ1v) is 8.76. The zero-order valence-electron chi connectivity index (χ0n) is 14.1. The fraction of sp³-hybridized carbons (Fsp3) is 0. The van der Waals surface area contributed by atoms with E-state index in [9.17, 15) is 4.79 Å². The zero-order valence-corrected chi connectivity index (χ0v) is 14.1. The van der Waals surface area contributed by atoms with Crippen molar-refractivity contribution in [3.8, 4) is 0 Å². The molecule has 0 aliphatic heterocycles. The van der Waals surface area contributed by atoms with Crippen molar-refractivity contribution in [1.29, 1.82) is 0 Å². The van der Waals surface area contributed by atoms with Crippen molar-refractivity contribution in [2.45, 2.75) is 0 Å². The highest BCUT2D eigenvalue weighted by atomic mass is 16.1. The van der Waals surface area contributed by atoms with E-state index in [4.69, 9.17) is 0 Å². The number of rotatable bonds is 0. The molecule has 0 N–H and O–H groups in total. The van der Waals surface area contributed by atoms with E-state index in [-0.39, 0.29) is 5.78 Å². The third-order valence-corrected chi connectivity index (χ3v) is 5.05. The van der Waals surface area contributed by atoms with E-state index >= 15 is 0 Å². The Balaban J connectivity index is 1.82. The molecule has 0 saturated carbocycles. The summed E-state index contributed by atoms with van der Waals surface area (Å²) >= 11 is 0. The van der Waals surface area contributed by atoms with E-state index in [0.29, 0.717) is 0 Å². The molecule has 0 aromatic heterocycles. The van der Waals surface area contributed by atoms with Gasteiger partial charge in [0, 0.05) is 11.1 Å². The molecule has 0 heterocycles. The van der Waals surface area contributed by atoms with Crippen LogP contribution in [0.5, 0.6) is 0 Å². The summed E-state index contributed by atoms with van der Waals surface area (Å²) in [5.74, 6) is 0.102. The van der Waals surface area contributed by atoms with Gasteiger partial charge in [0.25, 0.3) is 0 Å². The van der Waals surface area contributed by atoms with Gasteiger partial charge in [0.05, 0.1) is 0 Å². The van der Waals surface area contributed by atoms with Crippen molar-refractivity contribution in [3.05, 3.63) is 124 Å². The maximum Gasteiger partial charge on any atom is 0.194 e. The molecule has 122 valence electrons. The van der Waals surface area contributed by atoms with Crippen LogP contribution < -0.4 is 0 Å². The Kier molecular flexibility index (Phi) is 3.32. The number of hydrogen-bond donors (Lipinski definition) is 0. The number of allylic oxidation sites excluding steroid dienone is 3. The summed E-state index contributed by atoms with van der Waals surface area (Å²) in [4.78, 5) is 12.9. The third-order valence-electron chi connectivity index (χ3n) is 5.05. The van der Waals surface area contributed by atoms with E-state index < -0.39 is 0 Å². The van der Waals surface area contributed by atoms with Crippen molar-refractivity contribution >= 4 is 23.5 Å². The van der Waals surface area contributed by atoms with Crippen LogP contribution in [0.25, 0.3) is 17.7 Å². The minimum atomic E-state index is 0.102. The molecule has 2 aliphatic carbocycles. The van der Waals surface area contributed by atoms with E-state index in [1.807, 2.05) is 48.5 Å². The zero-order chi connectivity index (χ0) is 17.5.